The van der Waals surface area contributed by atoms with Gasteiger partial charge in [-0.15, -0.1) is 0 Å². The van der Waals surface area contributed by atoms with Crippen LogP contribution in [0.25, 0.3) is 6.08 Å². The Balaban J connectivity index is 2.57. The maximum Gasteiger partial charge on any atom is 0.0252 e. The third-order valence-electron chi connectivity index (χ3n) is 2.76. The number of hydrogen-bond acceptors (Lipinski definition) is 1. The number of nitrogens with zero attached hydrogens (tertiary/aromatic N) is 1. The Kier molecular flexibility index (Phi) is 5.13. The fourth-order valence-corrected chi connectivity index (χ4v) is 1.74. The van der Waals surface area contributed by atoms with Gasteiger partial charge in [-0.3, -0.25) is 4.90 Å². The Morgan fingerprint density at radius 2 is 1.73 bits per heavy atom. The Hall–Kier alpha value is -1.08. The number of hydrogen-bond donors (Lipinski definition) is 0. The van der Waals surface area contributed by atoms with Crippen LogP contribution in [0.3, 0.4) is 0 Å². The summed E-state index contributed by atoms with van der Waals surface area (Å²) in [6.45, 7) is 8.87. The highest BCUT2D eigenvalue weighted by molar-refractivity contribution is 5.49. The molecule has 0 saturated heterocycles. The smallest absolute Gasteiger partial charge is 0.0252 e. The summed E-state index contributed by atoms with van der Waals surface area (Å²) < 4.78 is 0. The van der Waals surface area contributed by atoms with E-state index in [0.717, 1.165) is 13.1 Å². The van der Waals surface area contributed by atoms with E-state index in [4.69, 9.17) is 0 Å². The predicted octanol–water partition coefficient (Wildman–Crippen LogP) is 3.43. The summed E-state index contributed by atoms with van der Waals surface area (Å²) in [5.74, 6) is 0. The van der Waals surface area contributed by atoms with Crippen molar-refractivity contribution >= 4 is 6.08 Å². The molecule has 0 spiro atoms. The lowest BCUT2D eigenvalue weighted by Gasteiger charge is -2.23. The first-order chi connectivity index (χ1) is 7.27. The minimum Gasteiger partial charge on any atom is -0.298 e. The molecular weight excluding hydrogens is 182 g/mol. The molecule has 1 unspecified atom stereocenters. The van der Waals surface area contributed by atoms with E-state index in [1.165, 1.54) is 5.56 Å². The van der Waals surface area contributed by atoms with Gasteiger partial charge in [0.05, 0.1) is 0 Å². The van der Waals surface area contributed by atoms with Crippen LogP contribution in [0.4, 0.5) is 0 Å². The molecule has 0 saturated carbocycles. The summed E-state index contributed by atoms with van der Waals surface area (Å²) in [6.07, 6.45) is 4.46. The first-order valence-electron chi connectivity index (χ1n) is 5.75. The molecule has 1 aromatic carbocycles. The van der Waals surface area contributed by atoms with Crippen LogP contribution in [0.5, 0.6) is 0 Å². The zero-order valence-electron chi connectivity index (χ0n) is 9.98. The first kappa shape index (κ1) is 12.0. The van der Waals surface area contributed by atoms with Gasteiger partial charge in [0.25, 0.3) is 0 Å². The van der Waals surface area contributed by atoms with E-state index in [9.17, 15) is 0 Å². The minimum absolute atomic E-state index is 0.514. The van der Waals surface area contributed by atoms with Crippen molar-refractivity contribution in [2.45, 2.75) is 26.8 Å². The SMILES string of the molecule is CCN(CC)C(C)/C=C/c1ccccc1. The van der Waals surface area contributed by atoms with E-state index in [2.05, 4.69) is 62.1 Å². The molecule has 1 atom stereocenters. The van der Waals surface area contributed by atoms with Crippen LogP contribution in [0.15, 0.2) is 36.4 Å². The number of benzene rings is 1. The highest BCUT2D eigenvalue weighted by Gasteiger charge is 2.04. The summed E-state index contributed by atoms with van der Waals surface area (Å²) in [4.78, 5) is 2.43. The Bertz CT molecular complexity index is 285. The minimum atomic E-state index is 0.514. The maximum absolute atomic E-state index is 2.43. The fraction of sp³-hybridized carbons (Fsp3) is 0.429. The standard InChI is InChI=1S/C14H21N/c1-4-15(5-2)13(3)11-12-14-9-7-6-8-10-14/h6-13H,4-5H2,1-3H3/b12-11+. The van der Waals surface area contributed by atoms with Gasteiger partial charge in [0.15, 0.2) is 0 Å². The molecule has 0 aliphatic heterocycles. The zero-order valence-corrected chi connectivity index (χ0v) is 9.98. The van der Waals surface area contributed by atoms with Crippen molar-refractivity contribution in [2.75, 3.05) is 13.1 Å². The lowest BCUT2D eigenvalue weighted by Crippen LogP contribution is -2.30. The molecule has 15 heavy (non-hydrogen) atoms. The van der Waals surface area contributed by atoms with E-state index >= 15 is 0 Å². The van der Waals surface area contributed by atoms with Gasteiger partial charge in [-0.1, -0.05) is 56.3 Å². The lowest BCUT2D eigenvalue weighted by molar-refractivity contribution is 0.269. The molecule has 0 radical (unpaired) electrons. The van der Waals surface area contributed by atoms with Gasteiger partial charge in [0, 0.05) is 6.04 Å². The van der Waals surface area contributed by atoms with Gasteiger partial charge in [0.1, 0.15) is 0 Å². The van der Waals surface area contributed by atoms with Crippen LogP contribution in [0, 0.1) is 0 Å². The molecule has 1 heteroatoms. The van der Waals surface area contributed by atoms with Crippen LogP contribution < -0.4 is 0 Å². The van der Waals surface area contributed by atoms with E-state index in [-0.39, 0.29) is 0 Å². The average Bonchev–Trinajstić information content (AvgIpc) is 2.29. The van der Waals surface area contributed by atoms with Crippen LogP contribution in [-0.2, 0) is 0 Å². The maximum atomic E-state index is 2.43. The van der Waals surface area contributed by atoms with Gasteiger partial charge in [-0.05, 0) is 25.6 Å². The summed E-state index contributed by atoms with van der Waals surface area (Å²) in [5, 5.41) is 0. The Morgan fingerprint density at radius 1 is 1.13 bits per heavy atom. The second kappa shape index (κ2) is 6.41. The second-order valence-electron chi connectivity index (χ2n) is 3.73. The summed E-state index contributed by atoms with van der Waals surface area (Å²) in [6, 6.07) is 11.0. The molecule has 1 rings (SSSR count). The molecule has 0 amide bonds. The third-order valence-corrected chi connectivity index (χ3v) is 2.76. The van der Waals surface area contributed by atoms with Crippen LogP contribution >= 0.6 is 0 Å². The van der Waals surface area contributed by atoms with Gasteiger partial charge in [-0.2, -0.15) is 0 Å². The average molecular weight is 203 g/mol. The van der Waals surface area contributed by atoms with Crippen molar-refractivity contribution in [1.82, 2.24) is 4.90 Å². The Labute approximate surface area is 93.4 Å². The molecule has 82 valence electrons. The monoisotopic (exact) mass is 203 g/mol. The summed E-state index contributed by atoms with van der Waals surface area (Å²) in [5.41, 5.74) is 1.27. The van der Waals surface area contributed by atoms with E-state index < -0.39 is 0 Å². The third kappa shape index (κ3) is 3.88. The highest BCUT2D eigenvalue weighted by atomic mass is 15.1. The zero-order chi connectivity index (χ0) is 11.1. The normalized spacial score (nSPS) is 13.6. The molecule has 0 heterocycles. The van der Waals surface area contributed by atoms with Crippen LogP contribution in [-0.4, -0.2) is 24.0 Å². The van der Waals surface area contributed by atoms with E-state index in [0.29, 0.717) is 6.04 Å². The summed E-state index contributed by atoms with van der Waals surface area (Å²) >= 11 is 0. The molecular formula is C14H21N. The fourth-order valence-electron chi connectivity index (χ4n) is 1.74. The quantitative estimate of drug-likeness (QED) is 0.708. The summed E-state index contributed by atoms with van der Waals surface area (Å²) in [7, 11) is 0. The number of likely N-dealkylation sites (N-methyl/N-ethyl adjacent to an activating group) is 1. The van der Waals surface area contributed by atoms with Crippen LogP contribution in [0.1, 0.15) is 26.3 Å². The molecule has 0 bridgehead atoms. The van der Waals surface area contributed by atoms with E-state index in [1.807, 2.05) is 6.07 Å². The van der Waals surface area contributed by atoms with Gasteiger partial charge in [0.2, 0.25) is 0 Å². The topological polar surface area (TPSA) is 3.24 Å². The molecule has 0 fully saturated rings. The predicted molar refractivity (Wildman–Crippen MR) is 67.9 cm³/mol. The first-order valence-corrected chi connectivity index (χ1v) is 5.75. The molecule has 1 aromatic rings. The molecule has 1 nitrogen and oxygen atoms in total. The molecule has 0 N–H and O–H groups in total. The van der Waals surface area contributed by atoms with Crippen molar-refractivity contribution in [1.29, 1.82) is 0 Å². The van der Waals surface area contributed by atoms with Crippen LogP contribution in [0.2, 0.25) is 0 Å². The van der Waals surface area contributed by atoms with Crippen molar-refractivity contribution in [2.24, 2.45) is 0 Å². The van der Waals surface area contributed by atoms with Crippen molar-refractivity contribution < 1.29 is 0 Å². The molecule has 0 aliphatic rings. The van der Waals surface area contributed by atoms with Crippen molar-refractivity contribution in [3.05, 3.63) is 42.0 Å². The van der Waals surface area contributed by atoms with Crippen molar-refractivity contribution in [3.8, 4) is 0 Å². The molecule has 0 aliphatic carbocycles. The van der Waals surface area contributed by atoms with Gasteiger partial charge in [-0.25, -0.2) is 0 Å². The molecule has 0 aromatic heterocycles. The van der Waals surface area contributed by atoms with E-state index in [1.54, 1.807) is 0 Å². The largest absolute Gasteiger partial charge is 0.298 e. The lowest BCUT2D eigenvalue weighted by atomic mass is 10.1. The van der Waals surface area contributed by atoms with Gasteiger partial charge >= 0.3 is 0 Å². The highest BCUT2D eigenvalue weighted by Crippen LogP contribution is 2.05. The van der Waals surface area contributed by atoms with Gasteiger partial charge < -0.3 is 0 Å². The van der Waals surface area contributed by atoms with Crippen molar-refractivity contribution in [3.63, 3.8) is 0 Å². The number of rotatable bonds is 5. The Morgan fingerprint density at radius 3 is 2.27 bits per heavy atom. The second-order valence-corrected chi connectivity index (χ2v) is 3.73.